The van der Waals surface area contributed by atoms with E-state index < -0.39 is 0 Å². The summed E-state index contributed by atoms with van der Waals surface area (Å²) in [7, 11) is 1.55. The Morgan fingerprint density at radius 3 is 2.50 bits per heavy atom. The van der Waals surface area contributed by atoms with E-state index in [9.17, 15) is 9.59 Å². The second kappa shape index (κ2) is 6.64. The summed E-state index contributed by atoms with van der Waals surface area (Å²) in [5.41, 5.74) is 1.67. The number of carbonyl (C=O) groups is 2. The molecule has 0 radical (unpaired) electrons. The highest BCUT2D eigenvalue weighted by Crippen LogP contribution is 2.25. The maximum Gasteiger partial charge on any atom is 0.221 e. The van der Waals surface area contributed by atoms with Crippen LogP contribution in [0.1, 0.15) is 19.4 Å². The highest BCUT2D eigenvalue weighted by molar-refractivity contribution is 5.90. The first-order valence-corrected chi connectivity index (χ1v) is 5.72. The summed E-state index contributed by atoms with van der Waals surface area (Å²) in [6.07, 6.45) is 0.705. The quantitative estimate of drug-likeness (QED) is 0.828. The predicted octanol–water partition coefficient (Wildman–Crippen LogP) is 1.33. The zero-order valence-corrected chi connectivity index (χ0v) is 10.9. The molecule has 98 valence electrons. The Hall–Kier alpha value is -2.04. The number of rotatable bonds is 5. The van der Waals surface area contributed by atoms with Crippen molar-refractivity contribution in [3.63, 3.8) is 0 Å². The van der Waals surface area contributed by atoms with Crippen LogP contribution in [0.25, 0.3) is 0 Å². The van der Waals surface area contributed by atoms with Gasteiger partial charge in [-0.05, 0) is 24.1 Å². The number of methoxy groups -OCH3 is 1. The van der Waals surface area contributed by atoms with Crippen molar-refractivity contribution >= 4 is 17.5 Å². The maximum atomic E-state index is 11.1. The van der Waals surface area contributed by atoms with Crippen LogP contribution in [0.5, 0.6) is 5.75 Å². The summed E-state index contributed by atoms with van der Waals surface area (Å²) >= 11 is 0. The van der Waals surface area contributed by atoms with E-state index in [-0.39, 0.29) is 11.8 Å². The highest BCUT2D eigenvalue weighted by Gasteiger charge is 2.06. The summed E-state index contributed by atoms with van der Waals surface area (Å²) in [6, 6.07) is 5.56. The van der Waals surface area contributed by atoms with Crippen molar-refractivity contribution < 1.29 is 14.3 Å². The minimum atomic E-state index is -0.146. The second-order valence-electron chi connectivity index (χ2n) is 3.95. The molecule has 0 aromatic heterocycles. The lowest BCUT2D eigenvalue weighted by molar-refractivity contribution is -0.119. The molecular weight excluding hydrogens is 232 g/mol. The van der Waals surface area contributed by atoms with Crippen LogP contribution in [0.3, 0.4) is 0 Å². The third-order valence-corrected chi connectivity index (χ3v) is 2.36. The average Bonchev–Trinajstić information content (AvgIpc) is 2.28. The van der Waals surface area contributed by atoms with E-state index in [0.717, 1.165) is 5.56 Å². The van der Waals surface area contributed by atoms with E-state index >= 15 is 0 Å². The number of anilines is 1. The predicted molar refractivity (Wildman–Crippen MR) is 69.7 cm³/mol. The largest absolute Gasteiger partial charge is 0.495 e. The molecule has 2 N–H and O–H groups in total. The van der Waals surface area contributed by atoms with Gasteiger partial charge in [0.15, 0.2) is 0 Å². The van der Waals surface area contributed by atoms with Crippen LogP contribution < -0.4 is 15.4 Å². The van der Waals surface area contributed by atoms with Gasteiger partial charge < -0.3 is 15.4 Å². The van der Waals surface area contributed by atoms with Crippen molar-refractivity contribution in [3.8, 4) is 5.75 Å². The molecule has 0 spiro atoms. The van der Waals surface area contributed by atoms with Gasteiger partial charge in [-0.3, -0.25) is 9.59 Å². The molecule has 5 heteroatoms. The van der Waals surface area contributed by atoms with Crippen LogP contribution in [0.4, 0.5) is 5.69 Å². The summed E-state index contributed by atoms with van der Waals surface area (Å²) in [4.78, 5) is 21.8. The van der Waals surface area contributed by atoms with Gasteiger partial charge in [-0.2, -0.15) is 0 Å². The monoisotopic (exact) mass is 250 g/mol. The minimum Gasteiger partial charge on any atom is -0.495 e. The van der Waals surface area contributed by atoms with Gasteiger partial charge in [-0.25, -0.2) is 0 Å². The van der Waals surface area contributed by atoms with Gasteiger partial charge in [0.05, 0.1) is 12.8 Å². The molecule has 0 aliphatic rings. The summed E-state index contributed by atoms with van der Waals surface area (Å²) < 4.78 is 5.16. The molecule has 1 aromatic rings. The zero-order chi connectivity index (χ0) is 13.5. The Bertz CT molecular complexity index is 444. The number of hydrogen-bond acceptors (Lipinski definition) is 3. The zero-order valence-electron chi connectivity index (χ0n) is 10.9. The summed E-state index contributed by atoms with van der Waals surface area (Å²) in [5, 5.41) is 5.44. The first-order chi connectivity index (χ1) is 8.52. The van der Waals surface area contributed by atoms with Crippen LogP contribution in [0, 0.1) is 0 Å². The van der Waals surface area contributed by atoms with E-state index in [1.54, 1.807) is 13.2 Å². The fourth-order valence-corrected chi connectivity index (χ4v) is 1.58. The number of amides is 2. The number of carbonyl (C=O) groups excluding carboxylic acids is 2. The molecule has 0 bridgehead atoms. The molecule has 0 heterocycles. The van der Waals surface area contributed by atoms with Crippen molar-refractivity contribution in [2.45, 2.75) is 20.3 Å². The molecule has 0 aliphatic carbocycles. The van der Waals surface area contributed by atoms with E-state index in [4.69, 9.17) is 4.74 Å². The third-order valence-electron chi connectivity index (χ3n) is 2.36. The fraction of sp³-hybridized carbons (Fsp3) is 0.385. The van der Waals surface area contributed by atoms with Crippen LogP contribution in [-0.4, -0.2) is 25.5 Å². The topological polar surface area (TPSA) is 67.4 Å². The minimum absolute atomic E-state index is 0.0504. The van der Waals surface area contributed by atoms with Gasteiger partial charge in [0.25, 0.3) is 0 Å². The molecule has 1 rings (SSSR count). The lowest BCUT2D eigenvalue weighted by Crippen LogP contribution is -2.22. The molecule has 0 saturated heterocycles. The Morgan fingerprint density at radius 2 is 1.94 bits per heavy atom. The Morgan fingerprint density at radius 1 is 1.22 bits per heavy atom. The van der Waals surface area contributed by atoms with Gasteiger partial charge in [0.1, 0.15) is 5.75 Å². The average molecular weight is 250 g/mol. The molecule has 1 aromatic carbocycles. The van der Waals surface area contributed by atoms with Gasteiger partial charge in [-0.1, -0.05) is 6.07 Å². The third kappa shape index (κ3) is 4.45. The second-order valence-corrected chi connectivity index (χ2v) is 3.95. The first kappa shape index (κ1) is 14.0. The SMILES string of the molecule is COc1ccc(CCNC(C)=O)cc1NC(C)=O. The highest BCUT2D eigenvalue weighted by atomic mass is 16.5. The molecule has 0 atom stereocenters. The smallest absolute Gasteiger partial charge is 0.221 e. The molecule has 2 amide bonds. The number of ether oxygens (including phenoxy) is 1. The van der Waals surface area contributed by atoms with Crippen molar-refractivity contribution in [2.75, 3.05) is 19.0 Å². The van der Waals surface area contributed by atoms with E-state index in [1.807, 2.05) is 12.1 Å². The van der Waals surface area contributed by atoms with Crippen molar-refractivity contribution in [1.82, 2.24) is 5.32 Å². The lowest BCUT2D eigenvalue weighted by Gasteiger charge is -2.11. The Balaban J connectivity index is 2.75. The molecule has 0 saturated carbocycles. The molecule has 0 aliphatic heterocycles. The van der Waals surface area contributed by atoms with Crippen molar-refractivity contribution in [1.29, 1.82) is 0 Å². The van der Waals surface area contributed by atoms with Crippen LogP contribution in [-0.2, 0) is 16.0 Å². The van der Waals surface area contributed by atoms with Gasteiger partial charge in [0, 0.05) is 20.4 Å². The van der Waals surface area contributed by atoms with Gasteiger partial charge in [0.2, 0.25) is 11.8 Å². The Labute approximate surface area is 107 Å². The standard InChI is InChI=1S/C13H18N2O3/c1-9(16)14-7-6-11-4-5-13(18-3)12(8-11)15-10(2)17/h4-5,8H,6-7H2,1-3H3,(H,14,16)(H,15,17). The van der Waals surface area contributed by atoms with Crippen molar-refractivity contribution in [2.24, 2.45) is 0 Å². The molecule has 5 nitrogen and oxygen atoms in total. The van der Waals surface area contributed by atoms with Gasteiger partial charge in [-0.15, -0.1) is 0 Å². The van der Waals surface area contributed by atoms with E-state index in [2.05, 4.69) is 10.6 Å². The molecule has 0 fully saturated rings. The van der Waals surface area contributed by atoms with E-state index in [1.165, 1.54) is 13.8 Å². The van der Waals surface area contributed by atoms with Crippen LogP contribution in [0.15, 0.2) is 18.2 Å². The van der Waals surface area contributed by atoms with Crippen LogP contribution >= 0.6 is 0 Å². The molecule has 0 unspecified atom stereocenters. The Kier molecular flexibility index (Phi) is 5.17. The lowest BCUT2D eigenvalue weighted by atomic mass is 10.1. The summed E-state index contributed by atoms with van der Waals surface area (Å²) in [5.74, 6) is 0.423. The van der Waals surface area contributed by atoms with E-state index in [0.29, 0.717) is 24.4 Å². The normalized spacial score (nSPS) is 9.72. The van der Waals surface area contributed by atoms with Crippen LogP contribution in [0.2, 0.25) is 0 Å². The number of hydrogen-bond donors (Lipinski definition) is 2. The summed E-state index contributed by atoms with van der Waals surface area (Å²) in [6.45, 7) is 3.50. The van der Waals surface area contributed by atoms with Gasteiger partial charge >= 0.3 is 0 Å². The first-order valence-electron chi connectivity index (χ1n) is 5.72. The van der Waals surface area contributed by atoms with Crippen molar-refractivity contribution in [3.05, 3.63) is 23.8 Å². The fourth-order valence-electron chi connectivity index (χ4n) is 1.58. The maximum absolute atomic E-state index is 11.1. The number of benzene rings is 1. The number of nitrogens with one attached hydrogen (secondary N) is 2. The molecular formula is C13H18N2O3. The molecule has 18 heavy (non-hydrogen) atoms.